The van der Waals surface area contributed by atoms with Crippen LogP contribution < -0.4 is 5.73 Å². The second-order valence-electron chi connectivity index (χ2n) is 5.80. The summed E-state index contributed by atoms with van der Waals surface area (Å²) in [6.45, 7) is 10.4. The van der Waals surface area contributed by atoms with Gasteiger partial charge in [-0.3, -0.25) is 4.90 Å². The third-order valence-electron chi connectivity index (χ3n) is 3.20. The van der Waals surface area contributed by atoms with Crippen LogP contribution in [0.15, 0.2) is 0 Å². The average molecular weight is 200 g/mol. The van der Waals surface area contributed by atoms with Crippen LogP contribution in [-0.4, -0.2) is 33.4 Å². The molecular weight excluding hydrogens is 176 g/mol. The lowest BCUT2D eigenvalue weighted by atomic mass is 9.77. The summed E-state index contributed by atoms with van der Waals surface area (Å²) in [6.07, 6.45) is 1.48. The van der Waals surface area contributed by atoms with Crippen LogP contribution in [0.25, 0.3) is 0 Å². The summed E-state index contributed by atoms with van der Waals surface area (Å²) in [5.74, 6) is 0. The van der Waals surface area contributed by atoms with E-state index in [1.165, 1.54) is 0 Å². The van der Waals surface area contributed by atoms with Gasteiger partial charge in [-0.25, -0.2) is 0 Å². The van der Waals surface area contributed by atoms with Gasteiger partial charge in [0.25, 0.3) is 0 Å². The van der Waals surface area contributed by atoms with E-state index in [9.17, 15) is 5.11 Å². The van der Waals surface area contributed by atoms with Crippen LogP contribution in [0.4, 0.5) is 0 Å². The fourth-order valence-corrected chi connectivity index (χ4v) is 3.38. The number of aliphatic hydroxyl groups excluding tert-OH is 1. The van der Waals surface area contributed by atoms with Crippen LogP contribution in [0.1, 0.15) is 47.5 Å². The summed E-state index contributed by atoms with van der Waals surface area (Å²) in [5.41, 5.74) is 6.00. The average Bonchev–Trinajstić information content (AvgIpc) is 1.75. The zero-order valence-corrected chi connectivity index (χ0v) is 10.0. The highest BCUT2D eigenvalue weighted by molar-refractivity contribution is 5.01. The molecule has 3 heteroatoms. The van der Waals surface area contributed by atoms with E-state index in [-0.39, 0.29) is 17.1 Å². The predicted octanol–water partition coefficient (Wildman–Crippen LogP) is 1.31. The van der Waals surface area contributed by atoms with Crippen LogP contribution in [0.5, 0.6) is 0 Å². The van der Waals surface area contributed by atoms with E-state index < -0.39 is 6.23 Å². The molecule has 0 bridgehead atoms. The van der Waals surface area contributed by atoms with Crippen LogP contribution >= 0.6 is 0 Å². The Bertz CT molecular complexity index is 193. The van der Waals surface area contributed by atoms with E-state index in [0.717, 1.165) is 12.8 Å². The van der Waals surface area contributed by atoms with Gasteiger partial charge in [0.05, 0.1) is 0 Å². The maximum atomic E-state index is 9.82. The fourth-order valence-electron chi connectivity index (χ4n) is 3.38. The second-order valence-corrected chi connectivity index (χ2v) is 5.80. The molecule has 1 rings (SSSR count). The Kier molecular flexibility index (Phi) is 2.96. The normalized spacial score (nSPS) is 30.2. The van der Waals surface area contributed by atoms with Crippen molar-refractivity contribution >= 4 is 0 Å². The number of aliphatic hydroxyl groups is 1. The number of piperidine rings is 1. The van der Waals surface area contributed by atoms with Crippen molar-refractivity contribution in [3.05, 3.63) is 0 Å². The van der Waals surface area contributed by atoms with Gasteiger partial charge in [0.15, 0.2) is 0 Å². The highest BCUT2D eigenvalue weighted by Crippen LogP contribution is 2.38. The van der Waals surface area contributed by atoms with E-state index in [4.69, 9.17) is 5.73 Å². The van der Waals surface area contributed by atoms with E-state index in [2.05, 4.69) is 32.6 Å². The Labute approximate surface area is 87.3 Å². The Morgan fingerprint density at radius 3 is 1.86 bits per heavy atom. The molecule has 0 saturated carbocycles. The van der Waals surface area contributed by atoms with Gasteiger partial charge in [-0.15, -0.1) is 0 Å². The molecule has 3 N–H and O–H groups in total. The summed E-state index contributed by atoms with van der Waals surface area (Å²) < 4.78 is 0. The highest BCUT2D eigenvalue weighted by atomic mass is 16.3. The van der Waals surface area contributed by atoms with E-state index in [0.29, 0.717) is 0 Å². The maximum absolute atomic E-state index is 9.82. The standard InChI is InChI=1S/C11H24N2O/c1-8(14)13-10(2,3)6-9(12)7-11(13,4)5/h8-9,14H,6-7,12H2,1-5H3. The number of hydrogen-bond acceptors (Lipinski definition) is 3. The molecular formula is C11H24N2O. The molecule has 0 aromatic rings. The summed E-state index contributed by atoms with van der Waals surface area (Å²) in [6, 6.07) is 0.245. The molecule has 1 aliphatic rings. The van der Waals surface area contributed by atoms with Crippen molar-refractivity contribution in [1.29, 1.82) is 0 Å². The van der Waals surface area contributed by atoms with Crippen LogP contribution in [0.3, 0.4) is 0 Å². The molecule has 1 fully saturated rings. The molecule has 0 aromatic heterocycles. The van der Waals surface area contributed by atoms with E-state index >= 15 is 0 Å². The number of rotatable bonds is 1. The van der Waals surface area contributed by atoms with Gasteiger partial charge in [-0.1, -0.05) is 0 Å². The molecule has 0 aliphatic carbocycles. The first-order valence-corrected chi connectivity index (χ1v) is 5.40. The Balaban J connectivity index is 2.97. The third kappa shape index (κ3) is 2.10. The van der Waals surface area contributed by atoms with E-state index in [1.54, 1.807) is 0 Å². The molecule has 1 unspecified atom stereocenters. The maximum Gasteiger partial charge on any atom is 0.105 e. The SMILES string of the molecule is CC(O)N1C(C)(C)CC(N)CC1(C)C. The van der Waals surface area contributed by atoms with E-state index in [1.807, 2.05) is 6.92 Å². The molecule has 1 aliphatic heterocycles. The van der Waals surface area contributed by atoms with Crippen molar-refractivity contribution in [3.63, 3.8) is 0 Å². The van der Waals surface area contributed by atoms with Gasteiger partial charge in [0.2, 0.25) is 0 Å². The Hall–Kier alpha value is -0.120. The minimum absolute atomic E-state index is 0.0185. The lowest BCUT2D eigenvalue weighted by molar-refractivity contribution is -0.134. The molecule has 0 radical (unpaired) electrons. The molecule has 84 valence electrons. The first kappa shape index (κ1) is 12.0. The summed E-state index contributed by atoms with van der Waals surface area (Å²) in [4.78, 5) is 2.17. The molecule has 1 saturated heterocycles. The van der Waals surface area contributed by atoms with Gasteiger partial charge in [-0.05, 0) is 47.5 Å². The first-order valence-electron chi connectivity index (χ1n) is 5.40. The van der Waals surface area contributed by atoms with Crippen molar-refractivity contribution in [3.8, 4) is 0 Å². The molecule has 1 heterocycles. The van der Waals surface area contributed by atoms with Gasteiger partial charge in [0, 0.05) is 17.1 Å². The third-order valence-corrected chi connectivity index (χ3v) is 3.20. The monoisotopic (exact) mass is 200 g/mol. The minimum atomic E-state index is -0.410. The smallest absolute Gasteiger partial charge is 0.105 e. The fraction of sp³-hybridized carbons (Fsp3) is 1.00. The number of nitrogens with two attached hydrogens (primary N) is 1. The summed E-state index contributed by atoms with van der Waals surface area (Å²) >= 11 is 0. The van der Waals surface area contributed by atoms with Crippen LogP contribution in [-0.2, 0) is 0 Å². The molecule has 0 amide bonds. The number of likely N-dealkylation sites (tertiary alicyclic amines) is 1. The lowest BCUT2D eigenvalue weighted by Gasteiger charge is -2.56. The van der Waals surface area contributed by atoms with Gasteiger partial charge >= 0.3 is 0 Å². The van der Waals surface area contributed by atoms with Gasteiger partial charge in [0.1, 0.15) is 6.23 Å². The van der Waals surface area contributed by atoms with Crippen molar-refractivity contribution in [2.45, 2.75) is 70.8 Å². The molecule has 14 heavy (non-hydrogen) atoms. The predicted molar refractivity (Wildman–Crippen MR) is 58.9 cm³/mol. The lowest BCUT2D eigenvalue weighted by Crippen LogP contribution is -2.65. The Morgan fingerprint density at radius 2 is 1.57 bits per heavy atom. The highest BCUT2D eigenvalue weighted by Gasteiger charge is 2.45. The van der Waals surface area contributed by atoms with Crippen molar-refractivity contribution in [2.24, 2.45) is 5.73 Å². The van der Waals surface area contributed by atoms with Crippen LogP contribution in [0.2, 0.25) is 0 Å². The zero-order chi connectivity index (χ0) is 11.1. The quantitative estimate of drug-likeness (QED) is 0.671. The topological polar surface area (TPSA) is 49.5 Å². The molecule has 0 aromatic carbocycles. The minimum Gasteiger partial charge on any atom is -0.379 e. The Morgan fingerprint density at radius 1 is 1.21 bits per heavy atom. The van der Waals surface area contributed by atoms with Crippen molar-refractivity contribution < 1.29 is 5.11 Å². The zero-order valence-electron chi connectivity index (χ0n) is 10.0. The van der Waals surface area contributed by atoms with Crippen molar-refractivity contribution in [1.82, 2.24) is 4.90 Å². The largest absolute Gasteiger partial charge is 0.379 e. The van der Waals surface area contributed by atoms with Gasteiger partial charge < -0.3 is 10.8 Å². The summed E-state index contributed by atoms with van der Waals surface area (Å²) in [7, 11) is 0. The number of nitrogens with zero attached hydrogens (tertiary/aromatic N) is 1. The second kappa shape index (κ2) is 3.47. The first-order chi connectivity index (χ1) is 6.17. The summed E-state index contributed by atoms with van der Waals surface area (Å²) in [5, 5.41) is 9.82. The molecule has 1 atom stereocenters. The molecule has 3 nitrogen and oxygen atoms in total. The van der Waals surface area contributed by atoms with Crippen LogP contribution in [0, 0.1) is 0 Å². The number of hydrogen-bond donors (Lipinski definition) is 2. The van der Waals surface area contributed by atoms with Gasteiger partial charge in [-0.2, -0.15) is 0 Å². The van der Waals surface area contributed by atoms with Crippen molar-refractivity contribution in [2.75, 3.05) is 0 Å². The molecule has 0 spiro atoms.